The van der Waals surface area contributed by atoms with Crippen LogP contribution in [0, 0.1) is 0 Å². The molecule has 338 valence electrons. The molecule has 12 aromatic carbocycles. The number of rotatable bonds is 10. The molecule has 0 unspecified atom stereocenters. The van der Waals surface area contributed by atoms with Crippen LogP contribution in [0.15, 0.2) is 231 Å². The van der Waals surface area contributed by atoms with Crippen molar-refractivity contribution < 1.29 is 0 Å². The molecule has 0 fully saturated rings. The third kappa shape index (κ3) is 8.03. The molecule has 0 bridgehead atoms. The fraction of sp³-hybridized carbons (Fsp3) is 0.0909. The third-order valence-corrected chi connectivity index (χ3v) is 23.2. The van der Waals surface area contributed by atoms with E-state index in [0.717, 1.165) is 22.7 Å². The zero-order chi connectivity index (χ0) is 47.7. The van der Waals surface area contributed by atoms with Crippen molar-refractivity contribution in [3.05, 3.63) is 231 Å². The summed E-state index contributed by atoms with van der Waals surface area (Å²) in [7, 11) is 0. The summed E-state index contributed by atoms with van der Waals surface area (Å²) in [5, 5.41) is 12.7. The van der Waals surface area contributed by atoms with Crippen LogP contribution in [-0.4, -0.2) is 26.5 Å². The number of nitrogens with zero attached hydrogens (tertiary/aromatic N) is 2. The molecule has 12 aromatic rings. The van der Waals surface area contributed by atoms with Gasteiger partial charge in [0.1, 0.15) is 0 Å². The molecule has 0 saturated carbocycles. The maximum absolute atomic E-state index is 2.46. The van der Waals surface area contributed by atoms with E-state index in [9.17, 15) is 0 Å². The van der Waals surface area contributed by atoms with Crippen molar-refractivity contribution in [1.82, 2.24) is 0 Å². The molecule has 0 aliphatic heterocycles. The van der Waals surface area contributed by atoms with Gasteiger partial charge in [-0.1, -0.05) is 12.1 Å². The first kappa shape index (κ1) is 44.1. The molecular weight excluding hydrogens is 966 g/mol. The topological polar surface area (TPSA) is 6.48 Å². The summed E-state index contributed by atoms with van der Waals surface area (Å²) >= 11 is -3.99. The van der Waals surface area contributed by atoms with E-state index in [-0.39, 0.29) is 0 Å². The number of hydrogen-bond donors (Lipinski definition) is 0. The minimum atomic E-state index is -1.99. The van der Waals surface area contributed by atoms with Crippen molar-refractivity contribution in [2.45, 2.75) is 34.5 Å². The Hall–Kier alpha value is -7.11. The summed E-state index contributed by atoms with van der Waals surface area (Å²) in [5.74, 6) is 14.8. The van der Waals surface area contributed by atoms with Crippen LogP contribution in [0.25, 0.3) is 76.1 Å². The number of fused-ring (bicyclic) bond motifs is 2. The van der Waals surface area contributed by atoms with Crippen LogP contribution in [0.1, 0.15) is 0 Å². The van der Waals surface area contributed by atoms with Gasteiger partial charge in [0, 0.05) is 0 Å². The molecule has 0 atom stereocenters. The van der Waals surface area contributed by atoms with Crippen molar-refractivity contribution in [1.29, 1.82) is 0 Å². The van der Waals surface area contributed by atoms with Gasteiger partial charge in [-0.25, -0.2) is 0 Å². The average molecular weight is 1020 g/mol. The van der Waals surface area contributed by atoms with E-state index in [4.69, 9.17) is 0 Å². The van der Waals surface area contributed by atoms with E-state index in [1.165, 1.54) is 96.3 Å². The fourth-order valence-corrected chi connectivity index (χ4v) is 15.5. The Balaban J connectivity index is 0.917. The zero-order valence-corrected chi connectivity index (χ0v) is 45.0. The van der Waals surface area contributed by atoms with Crippen LogP contribution in [0.3, 0.4) is 0 Å². The fourth-order valence-electron chi connectivity index (χ4n) is 10.6. The first-order chi connectivity index (χ1) is 33.9. The van der Waals surface area contributed by atoms with Crippen molar-refractivity contribution in [2.75, 3.05) is 9.80 Å². The molecule has 70 heavy (non-hydrogen) atoms. The monoisotopic (exact) mass is 1020 g/mol. The van der Waals surface area contributed by atoms with Gasteiger partial charge in [0.05, 0.1) is 0 Å². The van der Waals surface area contributed by atoms with Crippen LogP contribution in [0.4, 0.5) is 34.1 Å². The molecule has 0 saturated heterocycles. The summed E-state index contributed by atoms with van der Waals surface area (Å²) < 4.78 is 3.02. The van der Waals surface area contributed by atoms with E-state index in [2.05, 4.69) is 275 Å². The molecule has 0 amide bonds. The van der Waals surface area contributed by atoms with Crippen LogP contribution in [-0.2, 0) is 0 Å². The molecule has 0 heterocycles. The Labute approximate surface area is 417 Å². The van der Waals surface area contributed by atoms with E-state index < -0.39 is 26.5 Å². The maximum atomic E-state index is 2.46. The van der Waals surface area contributed by atoms with Gasteiger partial charge >= 0.3 is 398 Å². The molecule has 2 nitrogen and oxygen atoms in total. The second-order valence-corrected chi connectivity index (χ2v) is 42.4. The average Bonchev–Trinajstić information content (AvgIpc) is 3.38. The Morgan fingerprint density at radius 2 is 0.557 bits per heavy atom. The number of hydrogen-bond acceptors (Lipinski definition) is 2. The van der Waals surface area contributed by atoms with Gasteiger partial charge in [0.15, 0.2) is 0 Å². The third-order valence-electron chi connectivity index (χ3n) is 14.5. The standard InChI is InChI=1S/C66H56Ge2N2/c1-67(2,3)53-25-35-57(36-26-53)69(59-33-15-45-11-7-9-13-51(45)43-59)55-29-17-47(18-30-55)61-39-21-49-24-42-64-62(40-22-50-23-41-63(61)65(49)66(50)64)48-19-31-56(32-20-48)70(58-37-27-54(28-38-58)68(4,5)6)60-34-16-46-12-8-10-14-52(46)44-60/h7-44H,1-6H3. The van der Waals surface area contributed by atoms with Crippen molar-refractivity contribution in [3.63, 3.8) is 0 Å². The Morgan fingerprint density at radius 3 is 0.914 bits per heavy atom. The molecular formula is C66H56Ge2N2. The first-order valence-electron chi connectivity index (χ1n) is 24.7. The number of anilines is 6. The van der Waals surface area contributed by atoms with E-state index >= 15 is 0 Å². The summed E-state index contributed by atoms with van der Waals surface area (Å²) in [6, 6.07) is 86.6. The molecule has 0 aliphatic carbocycles. The van der Waals surface area contributed by atoms with Gasteiger partial charge in [-0.05, 0) is 10.8 Å². The van der Waals surface area contributed by atoms with Gasteiger partial charge in [0.2, 0.25) is 0 Å². The van der Waals surface area contributed by atoms with Gasteiger partial charge in [-0.3, -0.25) is 0 Å². The molecule has 0 N–H and O–H groups in total. The first-order valence-corrected chi connectivity index (χ1v) is 39.3. The Morgan fingerprint density at radius 1 is 0.257 bits per heavy atom. The van der Waals surface area contributed by atoms with Crippen LogP contribution < -0.4 is 18.6 Å². The van der Waals surface area contributed by atoms with Gasteiger partial charge < -0.3 is 0 Å². The van der Waals surface area contributed by atoms with Crippen molar-refractivity contribution in [3.8, 4) is 22.3 Å². The zero-order valence-electron chi connectivity index (χ0n) is 40.8. The summed E-state index contributed by atoms with van der Waals surface area (Å²) in [6.45, 7) is 0. The summed E-state index contributed by atoms with van der Waals surface area (Å²) in [6.07, 6.45) is 0. The van der Waals surface area contributed by atoms with Crippen LogP contribution in [0.2, 0.25) is 34.5 Å². The predicted molar refractivity (Wildman–Crippen MR) is 311 cm³/mol. The second-order valence-electron chi connectivity index (χ2n) is 21.1. The Bertz CT molecular complexity index is 3620. The van der Waals surface area contributed by atoms with Gasteiger partial charge in [0.25, 0.3) is 0 Å². The van der Waals surface area contributed by atoms with Crippen molar-refractivity contribution in [2.24, 2.45) is 0 Å². The van der Waals surface area contributed by atoms with Crippen LogP contribution >= 0.6 is 0 Å². The summed E-state index contributed by atoms with van der Waals surface area (Å²) in [4.78, 5) is 4.81. The summed E-state index contributed by atoms with van der Waals surface area (Å²) in [5.41, 5.74) is 11.8. The van der Waals surface area contributed by atoms with E-state index in [0.29, 0.717) is 0 Å². The van der Waals surface area contributed by atoms with Crippen LogP contribution in [0.5, 0.6) is 0 Å². The Kier molecular flexibility index (Phi) is 11.0. The number of benzene rings is 12. The molecule has 0 radical (unpaired) electrons. The molecule has 4 heteroatoms. The molecule has 0 aromatic heterocycles. The van der Waals surface area contributed by atoms with E-state index in [1.54, 1.807) is 0 Å². The van der Waals surface area contributed by atoms with Gasteiger partial charge in [-0.2, -0.15) is 0 Å². The quantitative estimate of drug-likeness (QED) is 0.0995. The van der Waals surface area contributed by atoms with Gasteiger partial charge in [-0.15, -0.1) is 0 Å². The van der Waals surface area contributed by atoms with Crippen molar-refractivity contribution >= 4 is 123 Å². The molecule has 0 spiro atoms. The predicted octanol–water partition coefficient (Wildman–Crippen LogP) is 18.3. The normalized spacial score (nSPS) is 12.1. The van der Waals surface area contributed by atoms with E-state index in [1.807, 2.05) is 0 Å². The second kappa shape index (κ2) is 17.4. The molecule has 12 rings (SSSR count). The molecule has 0 aliphatic rings. The SMILES string of the molecule is [CH3][Ge]([CH3])([CH3])[c]1ccc(N(c2ccc(-c3ccc4ccc5c(-c6ccc(N(c7cc[c]([Ge]([CH3])([CH3])[CH3])cc7)c7ccc8ccccc8c7)cc6)ccc6ccc3c4c65)cc2)c2ccc3ccccc3c2)cc1. The minimum absolute atomic E-state index is 1.14.